The third kappa shape index (κ3) is 3.32. The third-order valence-corrected chi connectivity index (χ3v) is 4.47. The van der Waals surface area contributed by atoms with E-state index in [2.05, 4.69) is 24.4 Å². The average molecular weight is 223 g/mol. The molecule has 0 aromatic carbocycles. The minimum atomic E-state index is 0.783. The first-order valence-electron chi connectivity index (χ1n) is 6.19. The van der Waals surface area contributed by atoms with Crippen molar-refractivity contribution in [2.24, 2.45) is 0 Å². The largest absolute Gasteiger partial charge is 0.309 e. The Morgan fingerprint density at radius 1 is 1.20 bits per heavy atom. The maximum atomic E-state index is 3.69. The molecule has 0 amide bonds. The first-order valence-corrected chi connectivity index (χ1v) is 7.01. The lowest BCUT2D eigenvalue weighted by atomic mass is 9.95. The van der Waals surface area contributed by atoms with Gasteiger partial charge in [-0.05, 0) is 31.4 Å². The van der Waals surface area contributed by atoms with Crippen LogP contribution < -0.4 is 5.32 Å². The van der Waals surface area contributed by atoms with Crippen molar-refractivity contribution in [2.45, 2.75) is 58.0 Å². The Bertz CT molecular complexity index is 286. The molecule has 0 atom stereocenters. The lowest BCUT2D eigenvalue weighted by Crippen LogP contribution is -2.30. The molecule has 1 nitrogen and oxygen atoms in total. The van der Waals surface area contributed by atoms with Gasteiger partial charge in [0.05, 0.1) is 0 Å². The van der Waals surface area contributed by atoms with E-state index >= 15 is 0 Å². The summed E-state index contributed by atoms with van der Waals surface area (Å²) in [5, 5.41) is 3.69. The molecule has 1 aliphatic rings. The predicted octanol–water partition coefficient (Wildman–Crippen LogP) is 3.73. The molecule has 1 aliphatic carbocycles. The molecule has 1 N–H and O–H groups in total. The Labute approximate surface area is 96.9 Å². The quantitative estimate of drug-likeness (QED) is 0.820. The molecule has 15 heavy (non-hydrogen) atoms. The second-order valence-electron chi connectivity index (χ2n) is 4.44. The van der Waals surface area contributed by atoms with Gasteiger partial charge in [-0.15, -0.1) is 11.3 Å². The molecule has 0 saturated heterocycles. The smallest absolute Gasteiger partial charge is 0.0302 e. The van der Waals surface area contributed by atoms with Crippen molar-refractivity contribution >= 4 is 11.3 Å². The molecule has 0 unspecified atom stereocenters. The van der Waals surface area contributed by atoms with Gasteiger partial charge < -0.3 is 5.32 Å². The van der Waals surface area contributed by atoms with E-state index in [1.54, 1.807) is 0 Å². The minimum Gasteiger partial charge on any atom is -0.309 e. The molecule has 0 radical (unpaired) electrons. The van der Waals surface area contributed by atoms with E-state index in [9.17, 15) is 0 Å². The van der Waals surface area contributed by atoms with Gasteiger partial charge in [-0.25, -0.2) is 0 Å². The second-order valence-corrected chi connectivity index (χ2v) is 5.69. The third-order valence-electron chi connectivity index (χ3n) is 3.24. The molecule has 0 spiro atoms. The average Bonchev–Trinajstić information content (AvgIpc) is 2.76. The molecule has 1 heterocycles. The van der Waals surface area contributed by atoms with Gasteiger partial charge in [0, 0.05) is 22.3 Å². The fourth-order valence-corrected chi connectivity index (χ4v) is 3.17. The maximum Gasteiger partial charge on any atom is 0.0302 e. The number of rotatable bonds is 4. The van der Waals surface area contributed by atoms with Crippen LogP contribution in [0.3, 0.4) is 0 Å². The zero-order valence-corrected chi connectivity index (χ0v) is 10.4. The van der Waals surface area contributed by atoms with Crippen LogP contribution in [-0.2, 0) is 13.0 Å². The highest BCUT2D eigenvalue weighted by molar-refractivity contribution is 7.11. The summed E-state index contributed by atoms with van der Waals surface area (Å²) in [7, 11) is 0. The molecule has 84 valence electrons. The van der Waals surface area contributed by atoms with Crippen LogP contribution in [0.25, 0.3) is 0 Å². The highest BCUT2D eigenvalue weighted by Gasteiger charge is 2.12. The van der Waals surface area contributed by atoms with Crippen LogP contribution in [-0.4, -0.2) is 6.04 Å². The number of hydrogen-bond donors (Lipinski definition) is 1. The molecule has 2 rings (SSSR count). The van der Waals surface area contributed by atoms with E-state index in [1.807, 2.05) is 11.3 Å². The van der Waals surface area contributed by atoms with E-state index in [4.69, 9.17) is 0 Å². The van der Waals surface area contributed by atoms with Crippen LogP contribution >= 0.6 is 11.3 Å². The summed E-state index contributed by atoms with van der Waals surface area (Å²) in [6.07, 6.45) is 8.22. The number of nitrogens with one attached hydrogen (secondary N) is 1. The highest BCUT2D eigenvalue weighted by Crippen LogP contribution is 2.20. The summed E-state index contributed by atoms with van der Waals surface area (Å²) in [6, 6.07) is 5.33. The molecule has 2 heteroatoms. The van der Waals surface area contributed by atoms with Crippen LogP contribution in [0, 0.1) is 0 Å². The van der Waals surface area contributed by atoms with Crippen molar-refractivity contribution in [2.75, 3.05) is 0 Å². The summed E-state index contributed by atoms with van der Waals surface area (Å²) in [5.74, 6) is 0. The van der Waals surface area contributed by atoms with Crippen LogP contribution in [0.1, 0.15) is 48.8 Å². The molecular weight excluding hydrogens is 202 g/mol. The normalized spacial score (nSPS) is 18.2. The van der Waals surface area contributed by atoms with Crippen molar-refractivity contribution in [1.29, 1.82) is 0 Å². The fraction of sp³-hybridized carbons (Fsp3) is 0.692. The van der Waals surface area contributed by atoms with Crippen LogP contribution in [0.5, 0.6) is 0 Å². The van der Waals surface area contributed by atoms with E-state index in [0.29, 0.717) is 0 Å². The summed E-state index contributed by atoms with van der Waals surface area (Å²) in [4.78, 5) is 3.01. The number of hydrogen-bond acceptors (Lipinski definition) is 2. The molecule has 0 bridgehead atoms. The Morgan fingerprint density at radius 2 is 1.93 bits per heavy atom. The lowest BCUT2D eigenvalue weighted by Gasteiger charge is -2.22. The van der Waals surface area contributed by atoms with Crippen LogP contribution in [0.15, 0.2) is 12.1 Å². The van der Waals surface area contributed by atoms with Gasteiger partial charge in [-0.3, -0.25) is 0 Å². The lowest BCUT2D eigenvalue weighted by molar-refractivity contribution is 0.373. The summed E-state index contributed by atoms with van der Waals surface area (Å²) < 4.78 is 0. The van der Waals surface area contributed by atoms with Crippen molar-refractivity contribution in [3.05, 3.63) is 21.9 Å². The van der Waals surface area contributed by atoms with Crippen molar-refractivity contribution in [3.63, 3.8) is 0 Å². The Kier molecular flexibility index (Phi) is 4.21. The van der Waals surface area contributed by atoms with Gasteiger partial charge in [-0.2, -0.15) is 0 Å². The van der Waals surface area contributed by atoms with Crippen molar-refractivity contribution < 1.29 is 0 Å². The Morgan fingerprint density at radius 3 is 2.60 bits per heavy atom. The monoisotopic (exact) mass is 223 g/mol. The van der Waals surface area contributed by atoms with Crippen molar-refractivity contribution in [3.8, 4) is 0 Å². The Balaban J connectivity index is 1.76. The van der Waals surface area contributed by atoms with Gasteiger partial charge in [0.2, 0.25) is 0 Å². The first-order chi connectivity index (χ1) is 7.38. The number of thiophene rings is 1. The zero-order valence-electron chi connectivity index (χ0n) is 9.59. The maximum absolute atomic E-state index is 3.69. The van der Waals surface area contributed by atoms with Gasteiger partial charge in [-0.1, -0.05) is 26.2 Å². The van der Waals surface area contributed by atoms with Gasteiger partial charge in [0.25, 0.3) is 0 Å². The zero-order chi connectivity index (χ0) is 10.5. The minimum absolute atomic E-state index is 0.783. The SMILES string of the molecule is CCc1ccc(CNC2CCCCC2)s1. The summed E-state index contributed by atoms with van der Waals surface area (Å²) in [6.45, 7) is 3.31. The van der Waals surface area contributed by atoms with Gasteiger partial charge in [0.15, 0.2) is 0 Å². The van der Waals surface area contributed by atoms with E-state index < -0.39 is 0 Å². The Hall–Kier alpha value is -0.340. The molecule has 1 fully saturated rings. The summed E-state index contributed by atoms with van der Waals surface area (Å²) in [5.41, 5.74) is 0. The molecule has 1 aromatic heterocycles. The first kappa shape index (κ1) is 11.2. The van der Waals surface area contributed by atoms with Crippen LogP contribution in [0.2, 0.25) is 0 Å². The topological polar surface area (TPSA) is 12.0 Å². The van der Waals surface area contributed by atoms with Gasteiger partial charge >= 0.3 is 0 Å². The van der Waals surface area contributed by atoms with E-state index in [0.717, 1.165) is 12.6 Å². The molecule has 1 aromatic rings. The molecular formula is C13H21NS. The standard InChI is InChI=1S/C13H21NS/c1-2-12-8-9-13(15-12)10-14-11-6-4-3-5-7-11/h8-9,11,14H,2-7,10H2,1H3. The molecule has 0 aliphatic heterocycles. The van der Waals surface area contributed by atoms with Crippen LogP contribution in [0.4, 0.5) is 0 Å². The predicted molar refractivity (Wildman–Crippen MR) is 67.4 cm³/mol. The van der Waals surface area contributed by atoms with E-state index in [1.165, 1.54) is 48.3 Å². The number of aryl methyl sites for hydroxylation is 1. The fourth-order valence-electron chi connectivity index (χ4n) is 2.26. The van der Waals surface area contributed by atoms with Gasteiger partial charge in [0.1, 0.15) is 0 Å². The molecule has 1 saturated carbocycles. The highest BCUT2D eigenvalue weighted by atomic mass is 32.1. The van der Waals surface area contributed by atoms with E-state index in [-0.39, 0.29) is 0 Å². The second kappa shape index (κ2) is 5.66. The summed E-state index contributed by atoms with van der Waals surface area (Å²) >= 11 is 1.96. The van der Waals surface area contributed by atoms with Crippen molar-refractivity contribution in [1.82, 2.24) is 5.32 Å².